The predicted molar refractivity (Wildman–Crippen MR) is 87.3 cm³/mol. The van der Waals surface area contributed by atoms with Gasteiger partial charge in [-0.3, -0.25) is 0 Å². The van der Waals surface area contributed by atoms with Crippen LogP contribution in [0.1, 0.15) is 19.4 Å². The number of ether oxygens (including phenoxy) is 2. The van der Waals surface area contributed by atoms with E-state index in [1.165, 1.54) is 5.56 Å². The Morgan fingerprint density at radius 1 is 1.05 bits per heavy atom. The molecular formula is C18H23NO2. The van der Waals surface area contributed by atoms with Gasteiger partial charge in [0.2, 0.25) is 0 Å². The van der Waals surface area contributed by atoms with E-state index in [-0.39, 0.29) is 6.23 Å². The molecule has 2 aromatic rings. The third-order valence-corrected chi connectivity index (χ3v) is 3.56. The molecule has 0 radical (unpaired) electrons. The zero-order valence-corrected chi connectivity index (χ0v) is 13.2. The van der Waals surface area contributed by atoms with E-state index in [2.05, 4.69) is 37.8 Å². The van der Waals surface area contributed by atoms with Crippen molar-refractivity contribution in [3.8, 4) is 11.5 Å². The molecule has 0 bridgehead atoms. The Kier molecular flexibility index (Phi) is 5.09. The molecule has 21 heavy (non-hydrogen) atoms. The fraction of sp³-hybridized carbons (Fsp3) is 0.333. The van der Waals surface area contributed by atoms with E-state index in [0.717, 1.165) is 23.7 Å². The van der Waals surface area contributed by atoms with E-state index >= 15 is 0 Å². The Labute approximate surface area is 127 Å². The number of hydrogen-bond donors (Lipinski definition) is 0. The lowest BCUT2D eigenvalue weighted by atomic mass is 10.1. The molecule has 0 spiro atoms. The van der Waals surface area contributed by atoms with E-state index in [0.29, 0.717) is 0 Å². The van der Waals surface area contributed by atoms with Crippen LogP contribution in [-0.2, 0) is 0 Å². The van der Waals surface area contributed by atoms with Crippen LogP contribution >= 0.6 is 0 Å². The summed E-state index contributed by atoms with van der Waals surface area (Å²) in [6.45, 7) is 7.16. The summed E-state index contributed by atoms with van der Waals surface area (Å²) in [5.41, 5.74) is 2.35. The van der Waals surface area contributed by atoms with Crippen LogP contribution in [0.25, 0.3) is 0 Å². The van der Waals surface area contributed by atoms with Crippen LogP contribution in [0.2, 0.25) is 0 Å². The Balaban J connectivity index is 2.22. The highest BCUT2D eigenvalue weighted by Gasteiger charge is 2.16. The smallest absolute Gasteiger partial charge is 0.169 e. The minimum Gasteiger partial charge on any atom is -0.497 e. The Hall–Kier alpha value is -2.16. The quantitative estimate of drug-likeness (QED) is 0.740. The van der Waals surface area contributed by atoms with Crippen molar-refractivity contribution in [1.82, 2.24) is 0 Å². The van der Waals surface area contributed by atoms with Crippen LogP contribution < -0.4 is 14.4 Å². The second-order valence-electron chi connectivity index (χ2n) is 4.97. The summed E-state index contributed by atoms with van der Waals surface area (Å²) >= 11 is 0. The summed E-state index contributed by atoms with van der Waals surface area (Å²) in [6, 6.07) is 16.0. The monoisotopic (exact) mass is 285 g/mol. The Bertz CT molecular complexity index is 569. The molecule has 1 atom stereocenters. The molecule has 2 aromatic carbocycles. The highest BCUT2D eigenvalue weighted by atomic mass is 16.5. The van der Waals surface area contributed by atoms with Gasteiger partial charge in [0.05, 0.1) is 7.11 Å². The standard InChI is InChI=1S/C18H23NO2/c1-5-19(15(3)21-16-9-7-6-8-10-16)18-13-17(20-4)12-11-14(18)2/h6-13,15H,5H2,1-4H3. The molecule has 0 amide bonds. The summed E-state index contributed by atoms with van der Waals surface area (Å²) in [5, 5.41) is 0. The maximum absolute atomic E-state index is 6.04. The first-order chi connectivity index (χ1) is 10.2. The lowest BCUT2D eigenvalue weighted by Gasteiger charge is -2.31. The number of hydrogen-bond acceptors (Lipinski definition) is 3. The molecule has 0 fully saturated rings. The largest absolute Gasteiger partial charge is 0.497 e. The normalized spacial score (nSPS) is 11.8. The van der Waals surface area contributed by atoms with E-state index < -0.39 is 0 Å². The second kappa shape index (κ2) is 7.02. The van der Waals surface area contributed by atoms with Crippen LogP contribution in [-0.4, -0.2) is 19.9 Å². The fourth-order valence-electron chi connectivity index (χ4n) is 2.41. The van der Waals surface area contributed by atoms with Gasteiger partial charge in [0.1, 0.15) is 11.5 Å². The zero-order valence-electron chi connectivity index (χ0n) is 13.2. The van der Waals surface area contributed by atoms with Crippen molar-refractivity contribution < 1.29 is 9.47 Å². The van der Waals surface area contributed by atoms with Gasteiger partial charge in [-0.05, 0) is 44.5 Å². The summed E-state index contributed by atoms with van der Waals surface area (Å²) in [6.07, 6.45) is -0.0526. The minimum atomic E-state index is -0.0526. The molecule has 0 aliphatic rings. The van der Waals surface area contributed by atoms with Gasteiger partial charge in [0, 0.05) is 18.3 Å². The average molecular weight is 285 g/mol. The van der Waals surface area contributed by atoms with Gasteiger partial charge in [-0.1, -0.05) is 24.3 Å². The molecule has 0 saturated carbocycles. The third kappa shape index (κ3) is 3.69. The third-order valence-electron chi connectivity index (χ3n) is 3.56. The predicted octanol–water partition coefficient (Wildman–Crippen LogP) is 4.25. The van der Waals surface area contributed by atoms with Crippen molar-refractivity contribution >= 4 is 5.69 Å². The number of methoxy groups -OCH3 is 1. The number of anilines is 1. The van der Waals surface area contributed by atoms with Crippen molar-refractivity contribution in [3.05, 3.63) is 54.1 Å². The molecule has 3 nitrogen and oxygen atoms in total. The molecule has 0 aliphatic heterocycles. The topological polar surface area (TPSA) is 21.7 Å². The second-order valence-corrected chi connectivity index (χ2v) is 4.97. The number of nitrogens with zero attached hydrogens (tertiary/aromatic N) is 1. The molecule has 2 rings (SSSR count). The van der Waals surface area contributed by atoms with Gasteiger partial charge in [0.25, 0.3) is 0 Å². The van der Waals surface area contributed by atoms with Crippen molar-refractivity contribution in [2.45, 2.75) is 27.0 Å². The lowest BCUT2D eigenvalue weighted by molar-refractivity contribution is 0.216. The molecule has 0 aliphatic carbocycles. The molecular weight excluding hydrogens is 262 g/mol. The van der Waals surface area contributed by atoms with Crippen LogP contribution in [0, 0.1) is 6.92 Å². The van der Waals surface area contributed by atoms with Crippen molar-refractivity contribution in [1.29, 1.82) is 0 Å². The molecule has 0 aromatic heterocycles. The molecule has 1 unspecified atom stereocenters. The van der Waals surface area contributed by atoms with Crippen molar-refractivity contribution in [2.75, 3.05) is 18.6 Å². The van der Waals surface area contributed by atoms with Crippen LogP contribution in [0.3, 0.4) is 0 Å². The number of rotatable bonds is 6. The fourth-order valence-corrected chi connectivity index (χ4v) is 2.41. The highest BCUT2D eigenvalue weighted by molar-refractivity contribution is 5.57. The first-order valence-corrected chi connectivity index (χ1v) is 7.28. The minimum absolute atomic E-state index is 0.0526. The van der Waals surface area contributed by atoms with E-state index in [9.17, 15) is 0 Å². The molecule has 0 heterocycles. The van der Waals surface area contributed by atoms with Crippen molar-refractivity contribution in [3.63, 3.8) is 0 Å². The summed E-state index contributed by atoms with van der Waals surface area (Å²) in [4.78, 5) is 2.23. The van der Waals surface area contributed by atoms with Gasteiger partial charge in [-0.15, -0.1) is 0 Å². The van der Waals surface area contributed by atoms with Crippen LogP contribution in [0.5, 0.6) is 11.5 Å². The Morgan fingerprint density at radius 3 is 2.38 bits per heavy atom. The van der Waals surface area contributed by atoms with Gasteiger partial charge in [0.15, 0.2) is 6.23 Å². The molecule has 3 heteroatoms. The van der Waals surface area contributed by atoms with Crippen LogP contribution in [0.4, 0.5) is 5.69 Å². The molecule has 0 saturated heterocycles. The highest BCUT2D eigenvalue weighted by Crippen LogP contribution is 2.27. The van der Waals surface area contributed by atoms with E-state index in [1.807, 2.05) is 36.4 Å². The SMILES string of the molecule is CCN(c1cc(OC)ccc1C)C(C)Oc1ccccc1. The number of benzene rings is 2. The first-order valence-electron chi connectivity index (χ1n) is 7.28. The van der Waals surface area contributed by atoms with E-state index in [1.54, 1.807) is 7.11 Å². The molecule has 0 N–H and O–H groups in total. The maximum atomic E-state index is 6.04. The van der Waals surface area contributed by atoms with Gasteiger partial charge in [-0.25, -0.2) is 0 Å². The summed E-state index contributed by atoms with van der Waals surface area (Å²) in [7, 11) is 1.69. The van der Waals surface area contributed by atoms with Crippen LogP contribution in [0.15, 0.2) is 48.5 Å². The Morgan fingerprint density at radius 2 is 1.76 bits per heavy atom. The van der Waals surface area contributed by atoms with Gasteiger partial charge >= 0.3 is 0 Å². The molecule has 112 valence electrons. The zero-order chi connectivity index (χ0) is 15.2. The number of para-hydroxylation sites is 1. The average Bonchev–Trinajstić information content (AvgIpc) is 2.51. The number of aryl methyl sites for hydroxylation is 1. The summed E-state index contributed by atoms with van der Waals surface area (Å²) in [5.74, 6) is 1.74. The first kappa shape index (κ1) is 15.2. The maximum Gasteiger partial charge on any atom is 0.169 e. The van der Waals surface area contributed by atoms with Gasteiger partial charge in [-0.2, -0.15) is 0 Å². The van der Waals surface area contributed by atoms with Crippen molar-refractivity contribution in [2.24, 2.45) is 0 Å². The van der Waals surface area contributed by atoms with Gasteiger partial charge < -0.3 is 14.4 Å². The lowest BCUT2D eigenvalue weighted by Crippen LogP contribution is -2.37. The van der Waals surface area contributed by atoms with E-state index in [4.69, 9.17) is 9.47 Å². The summed E-state index contributed by atoms with van der Waals surface area (Å²) < 4.78 is 11.4.